The number of rotatable bonds is 6. The Morgan fingerprint density at radius 3 is 2.66 bits per heavy atom. The fraction of sp³-hybridized carbons (Fsp3) is 0.480. The Balaban J connectivity index is 1.69. The van der Waals surface area contributed by atoms with Gasteiger partial charge in [0.05, 0.1) is 18.2 Å². The van der Waals surface area contributed by atoms with Crippen LogP contribution < -0.4 is 5.73 Å². The molecule has 0 saturated heterocycles. The second-order valence-corrected chi connectivity index (χ2v) is 8.59. The van der Waals surface area contributed by atoms with Gasteiger partial charge in [-0.3, -0.25) is 9.78 Å². The molecular formula is C25H31FN4O2. The molecule has 1 aliphatic carbocycles. The van der Waals surface area contributed by atoms with Crippen LogP contribution in [0.25, 0.3) is 11.0 Å². The number of aromatic nitrogens is 3. The van der Waals surface area contributed by atoms with E-state index in [9.17, 15) is 4.79 Å². The summed E-state index contributed by atoms with van der Waals surface area (Å²) in [4.78, 5) is 24.6. The number of nitrogens with zero attached hydrogens (tertiary/aromatic N) is 2. The lowest BCUT2D eigenvalue weighted by Crippen LogP contribution is -2.23. The van der Waals surface area contributed by atoms with E-state index < -0.39 is 17.7 Å². The predicted octanol–water partition coefficient (Wildman–Crippen LogP) is 5.15. The van der Waals surface area contributed by atoms with Crippen molar-refractivity contribution in [2.24, 2.45) is 11.7 Å². The van der Waals surface area contributed by atoms with E-state index in [1.165, 1.54) is 32.1 Å². The molecular weight excluding hydrogens is 407 g/mol. The standard InChI is InChI=1S/C25H31FN4O2/c1-2-32-25(31)20(17-11-8-14-28-15-17)18-12-13-19-23(21(18)26)30-24(29-19)22(27)16-9-6-4-3-5-7-10-16/h8,11-16,20,22H,2-7,9-10,27H2,1H3,(H,29,30). The van der Waals surface area contributed by atoms with Gasteiger partial charge in [-0.05, 0) is 43.4 Å². The molecule has 2 atom stereocenters. The minimum atomic E-state index is -0.910. The largest absolute Gasteiger partial charge is 0.465 e. The average Bonchev–Trinajstić information content (AvgIpc) is 3.21. The first-order chi connectivity index (χ1) is 15.6. The smallest absolute Gasteiger partial charge is 0.318 e. The zero-order chi connectivity index (χ0) is 22.5. The summed E-state index contributed by atoms with van der Waals surface area (Å²) in [5.74, 6) is -1.01. The van der Waals surface area contributed by atoms with Crippen molar-refractivity contribution in [3.05, 3.63) is 59.4 Å². The Hall–Kier alpha value is -2.80. The topological polar surface area (TPSA) is 93.9 Å². The van der Waals surface area contributed by atoms with Crippen molar-refractivity contribution >= 4 is 17.0 Å². The summed E-state index contributed by atoms with van der Waals surface area (Å²) in [5.41, 5.74) is 8.17. The summed E-state index contributed by atoms with van der Waals surface area (Å²) in [7, 11) is 0. The first kappa shape index (κ1) is 22.4. The molecule has 2 unspecified atom stereocenters. The van der Waals surface area contributed by atoms with Crippen LogP contribution >= 0.6 is 0 Å². The number of carbonyl (C=O) groups is 1. The van der Waals surface area contributed by atoms with Crippen molar-refractivity contribution in [1.29, 1.82) is 0 Å². The average molecular weight is 439 g/mol. The Kier molecular flexibility index (Phi) is 7.15. The molecule has 32 heavy (non-hydrogen) atoms. The van der Waals surface area contributed by atoms with Gasteiger partial charge in [-0.15, -0.1) is 0 Å². The van der Waals surface area contributed by atoms with Crippen molar-refractivity contribution in [1.82, 2.24) is 15.0 Å². The monoisotopic (exact) mass is 438 g/mol. The molecule has 1 aliphatic rings. The third-order valence-corrected chi connectivity index (χ3v) is 6.47. The Morgan fingerprint density at radius 2 is 1.97 bits per heavy atom. The van der Waals surface area contributed by atoms with Gasteiger partial charge in [0.25, 0.3) is 0 Å². The number of fused-ring (bicyclic) bond motifs is 1. The van der Waals surface area contributed by atoms with Crippen LogP contribution in [0.4, 0.5) is 4.39 Å². The van der Waals surface area contributed by atoms with Crippen molar-refractivity contribution in [3.8, 4) is 0 Å². The number of imidazole rings is 1. The highest BCUT2D eigenvalue weighted by Gasteiger charge is 2.30. The molecule has 3 N–H and O–H groups in total. The summed E-state index contributed by atoms with van der Waals surface area (Å²) < 4.78 is 20.9. The molecule has 0 amide bonds. The van der Waals surface area contributed by atoms with E-state index in [2.05, 4.69) is 15.0 Å². The van der Waals surface area contributed by atoms with Gasteiger partial charge in [-0.2, -0.15) is 0 Å². The fourth-order valence-corrected chi connectivity index (χ4v) is 4.74. The highest BCUT2D eigenvalue weighted by atomic mass is 19.1. The van der Waals surface area contributed by atoms with E-state index >= 15 is 4.39 Å². The second kappa shape index (κ2) is 10.2. The number of carbonyl (C=O) groups excluding carboxylic acids is 1. The maximum Gasteiger partial charge on any atom is 0.318 e. The van der Waals surface area contributed by atoms with Crippen molar-refractivity contribution in [2.45, 2.75) is 63.8 Å². The van der Waals surface area contributed by atoms with Gasteiger partial charge in [-0.1, -0.05) is 44.2 Å². The Labute approximate surface area is 187 Å². The number of halogens is 1. The lowest BCUT2D eigenvalue weighted by atomic mass is 9.86. The van der Waals surface area contributed by atoms with Gasteiger partial charge in [0.1, 0.15) is 17.3 Å². The molecule has 7 heteroatoms. The van der Waals surface area contributed by atoms with Gasteiger partial charge in [0.15, 0.2) is 5.82 Å². The van der Waals surface area contributed by atoms with Crippen molar-refractivity contribution in [2.75, 3.05) is 6.61 Å². The number of benzene rings is 1. The summed E-state index contributed by atoms with van der Waals surface area (Å²) in [6.07, 6.45) is 11.4. The van der Waals surface area contributed by atoms with Crippen LogP contribution in [0, 0.1) is 11.7 Å². The summed E-state index contributed by atoms with van der Waals surface area (Å²) in [6, 6.07) is 6.59. The molecule has 0 radical (unpaired) electrons. The molecule has 170 valence electrons. The molecule has 4 rings (SSSR count). The number of ether oxygens (including phenoxy) is 1. The molecule has 0 bridgehead atoms. The predicted molar refractivity (Wildman–Crippen MR) is 122 cm³/mol. The number of esters is 1. The summed E-state index contributed by atoms with van der Waals surface area (Å²) in [5, 5.41) is 0. The molecule has 0 spiro atoms. The van der Waals surface area contributed by atoms with Crippen LogP contribution in [0.1, 0.15) is 80.8 Å². The third-order valence-electron chi connectivity index (χ3n) is 6.47. The number of aromatic amines is 1. The van der Waals surface area contributed by atoms with Crippen molar-refractivity contribution < 1.29 is 13.9 Å². The Morgan fingerprint density at radius 1 is 1.22 bits per heavy atom. The quantitative estimate of drug-likeness (QED) is 0.519. The normalized spacial score (nSPS) is 17.5. The SMILES string of the molecule is CCOC(=O)C(c1cccnc1)c1ccc2[nH]c(C(N)C3CCCCCCC3)nc2c1F. The number of pyridine rings is 1. The summed E-state index contributed by atoms with van der Waals surface area (Å²) in [6.45, 7) is 1.94. The Bertz CT molecular complexity index is 1040. The minimum Gasteiger partial charge on any atom is -0.465 e. The number of nitrogens with one attached hydrogen (secondary N) is 1. The van der Waals surface area contributed by atoms with E-state index in [1.54, 1.807) is 43.6 Å². The minimum absolute atomic E-state index is 0.206. The van der Waals surface area contributed by atoms with Crippen LogP contribution in [-0.4, -0.2) is 27.5 Å². The maximum absolute atomic E-state index is 15.7. The zero-order valence-corrected chi connectivity index (χ0v) is 18.5. The van der Waals surface area contributed by atoms with Gasteiger partial charge in [0.2, 0.25) is 0 Å². The number of nitrogens with two attached hydrogens (primary N) is 1. The van der Waals surface area contributed by atoms with Gasteiger partial charge in [-0.25, -0.2) is 9.37 Å². The molecule has 2 heterocycles. The first-order valence-corrected chi connectivity index (χ1v) is 11.6. The van der Waals surface area contributed by atoms with E-state index in [0.717, 1.165) is 12.8 Å². The lowest BCUT2D eigenvalue weighted by molar-refractivity contribution is -0.143. The van der Waals surface area contributed by atoms with Crippen LogP contribution in [-0.2, 0) is 9.53 Å². The van der Waals surface area contributed by atoms with E-state index in [1.807, 2.05) is 0 Å². The van der Waals surface area contributed by atoms with Crippen LogP contribution in [0.2, 0.25) is 0 Å². The van der Waals surface area contributed by atoms with E-state index in [4.69, 9.17) is 10.5 Å². The molecule has 1 fully saturated rings. The van der Waals surface area contributed by atoms with E-state index in [-0.39, 0.29) is 23.7 Å². The van der Waals surface area contributed by atoms with Crippen molar-refractivity contribution in [3.63, 3.8) is 0 Å². The lowest BCUT2D eigenvalue weighted by Gasteiger charge is -2.24. The molecule has 1 aromatic carbocycles. The molecule has 2 aromatic heterocycles. The molecule has 3 aromatic rings. The maximum atomic E-state index is 15.7. The highest BCUT2D eigenvalue weighted by Crippen LogP contribution is 2.34. The molecule has 1 saturated carbocycles. The summed E-state index contributed by atoms with van der Waals surface area (Å²) >= 11 is 0. The number of hydrogen-bond acceptors (Lipinski definition) is 5. The van der Waals surface area contributed by atoms with Gasteiger partial charge >= 0.3 is 5.97 Å². The van der Waals surface area contributed by atoms with Gasteiger partial charge in [0, 0.05) is 18.0 Å². The number of H-pyrrole nitrogens is 1. The van der Waals surface area contributed by atoms with E-state index in [0.29, 0.717) is 22.8 Å². The van der Waals surface area contributed by atoms with Crippen LogP contribution in [0.15, 0.2) is 36.7 Å². The first-order valence-electron chi connectivity index (χ1n) is 11.6. The third kappa shape index (κ3) is 4.67. The fourth-order valence-electron chi connectivity index (χ4n) is 4.74. The molecule has 6 nitrogen and oxygen atoms in total. The second-order valence-electron chi connectivity index (χ2n) is 8.59. The van der Waals surface area contributed by atoms with Crippen LogP contribution in [0.5, 0.6) is 0 Å². The molecule has 0 aliphatic heterocycles. The highest BCUT2D eigenvalue weighted by molar-refractivity contribution is 5.85. The van der Waals surface area contributed by atoms with Crippen LogP contribution in [0.3, 0.4) is 0 Å². The number of hydrogen-bond donors (Lipinski definition) is 2. The zero-order valence-electron chi connectivity index (χ0n) is 18.5. The van der Waals surface area contributed by atoms with Gasteiger partial charge < -0.3 is 15.5 Å².